The minimum absolute atomic E-state index is 0.233. The lowest BCUT2D eigenvalue weighted by atomic mass is 10.2. The Morgan fingerprint density at radius 2 is 2.19 bits per heavy atom. The molecular weight excluding hydrogens is 354 g/mol. The van der Waals surface area contributed by atoms with Gasteiger partial charge in [0.1, 0.15) is 5.03 Å². The number of hydrogen-bond donors (Lipinski definition) is 1. The van der Waals surface area contributed by atoms with Gasteiger partial charge in [0.25, 0.3) is 0 Å². The first-order valence-electron chi connectivity index (χ1n) is 6.06. The van der Waals surface area contributed by atoms with E-state index in [1.807, 2.05) is 19.1 Å². The van der Waals surface area contributed by atoms with E-state index in [1.54, 1.807) is 29.0 Å². The zero-order chi connectivity index (χ0) is 15.0. The quantitative estimate of drug-likeness (QED) is 0.769. The topological polar surface area (TPSA) is 67.5 Å². The van der Waals surface area contributed by atoms with Crippen LogP contribution in [0.2, 0.25) is 0 Å². The van der Waals surface area contributed by atoms with Gasteiger partial charge in [-0.1, -0.05) is 11.8 Å². The number of rotatable bonds is 3. The molecule has 1 aromatic carbocycles. The Morgan fingerprint density at radius 3 is 2.95 bits per heavy atom. The van der Waals surface area contributed by atoms with E-state index in [0.717, 1.165) is 21.1 Å². The van der Waals surface area contributed by atoms with E-state index in [-0.39, 0.29) is 5.56 Å². The summed E-state index contributed by atoms with van der Waals surface area (Å²) in [5, 5.41) is 14.3. The number of carboxylic acids is 1. The summed E-state index contributed by atoms with van der Waals surface area (Å²) in [7, 11) is 0. The van der Waals surface area contributed by atoms with Crippen LogP contribution in [0.3, 0.4) is 0 Å². The SMILES string of the molecule is Cc1cc2c(Sc3ccc(Br)c(C(=O)O)c3)nccn2n1. The summed E-state index contributed by atoms with van der Waals surface area (Å²) in [4.78, 5) is 16.3. The van der Waals surface area contributed by atoms with Crippen LogP contribution in [-0.4, -0.2) is 25.7 Å². The first-order chi connectivity index (χ1) is 10.0. The van der Waals surface area contributed by atoms with Crippen LogP contribution < -0.4 is 0 Å². The van der Waals surface area contributed by atoms with Crippen molar-refractivity contribution in [2.75, 3.05) is 0 Å². The first-order valence-corrected chi connectivity index (χ1v) is 7.67. The maximum absolute atomic E-state index is 11.2. The molecule has 0 atom stereocenters. The molecule has 0 unspecified atom stereocenters. The summed E-state index contributed by atoms with van der Waals surface area (Å²) in [6.45, 7) is 1.92. The summed E-state index contributed by atoms with van der Waals surface area (Å²) < 4.78 is 2.33. The maximum Gasteiger partial charge on any atom is 0.336 e. The fraction of sp³-hybridized carbons (Fsp3) is 0.0714. The molecule has 0 aliphatic carbocycles. The van der Waals surface area contributed by atoms with Gasteiger partial charge in [-0.05, 0) is 47.1 Å². The number of fused-ring (bicyclic) bond motifs is 1. The second-order valence-electron chi connectivity index (χ2n) is 4.40. The van der Waals surface area contributed by atoms with E-state index < -0.39 is 5.97 Å². The van der Waals surface area contributed by atoms with Crippen LogP contribution in [0.4, 0.5) is 0 Å². The smallest absolute Gasteiger partial charge is 0.336 e. The maximum atomic E-state index is 11.2. The molecule has 5 nitrogen and oxygen atoms in total. The molecular formula is C14H10BrN3O2S. The fourth-order valence-electron chi connectivity index (χ4n) is 1.94. The molecule has 0 aliphatic heterocycles. The highest BCUT2D eigenvalue weighted by Gasteiger charge is 2.12. The highest BCUT2D eigenvalue weighted by Crippen LogP contribution is 2.32. The molecule has 106 valence electrons. The molecule has 0 saturated heterocycles. The van der Waals surface area contributed by atoms with Gasteiger partial charge in [-0.25, -0.2) is 14.3 Å². The molecule has 0 bridgehead atoms. The number of nitrogens with zero attached hydrogens (tertiary/aromatic N) is 3. The van der Waals surface area contributed by atoms with Crippen LogP contribution in [-0.2, 0) is 0 Å². The lowest BCUT2D eigenvalue weighted by Gasteiger charge is -2.05. The van der Waals surface area contributed by atoms with Crippen molar-refractivity contribution in [3.63, 3.8) is 0 Å². The van der Waals surface area contributed by atoms with E-state index in [0.29, 0.717) is 4.47 Å². The van der Waals surface area contributed by atoms with Crippen LogP contribution in [0.1, 0.15) is 16.1 Å². The molecule has 2 heterocycles. The van der Waals surface area contributed by atoms with Gasteiger partial charge in [0.2, 0.25) is 0 Å². The molecule has 0 amide bonds. The van der Waals surface area contributed by atoms with Crippen molar-refractivity contribution in [3.05, 3.63) is 52.4 Å². The molecule has 0 aliphatic rings. The zero-order valence-corrected chi connectivity index (χ0v) is 13.3. The Labute approximate surface area is 133 Å². The highest BCUT2D eigenvalue weighted by molar-refractivity contribution is 9.10. The number of hydrogen-bond acceptors (Lipinski definition) is 4. The monoisotopic (exact) mass is 363 g/mol. The lowest BCUT2D eigenvalue weighted by Crippen LogP contribution is -1.97. The molecule has 1 N–H and O–H groups in total. The number of aromatic carboxylic acids is 1. The second kappa shape index (κ2) is 5.50. The van der Waals surface area contributed by atoms with E-state index in [9.17, 15) is 4.79 Å². The Morgan fingerprint density at radius 1 is 1.38 bits per heavy atom. The molecule has 21 heavy (non-hydrogen) atoms. The van der Waals surface area contributed by atoms with Gasteiger partial charge in [0.15, 0.2) is 0 Å². The van der Waals surface area contributed by atoms with Crippen molar-refractivity contribution >= 4 is 39.2 Å². The van der Waals surface area contributed by atoms with Gasteiger partial charge in [0, 0.05) is 21.8 Å². The molecule has 3 rings (SSSR count). The number of aromatic nitrogens is 3. The van der Waals surface area contributed by atoms with Crippen molar-refractivity contribution in [1.29, 1.82) is 0 Å². The Balaban J connectivity index is 2.02. The average Bonchev–Trinajstić information content (AvgIpc) is 2.82. The Hall–Kier alpha value is -1.86. The van der Waals surface area contributed by atoms with Crippen LogP contribution >= 0.6 is 27.7 Å². The molecule has 0 spiro atoms. The van der Waals surface area contributed by atoms with Crippen LogP contribution in [0.15, 0.2) is 51.1 Å². The largest absolute Gasteiger partial charge is 0.478 e. The minimum Gasteiger partial charge on any atom is -0.478 e. The summed E-state index contributed by atoms with van der Waals surface area (Å²) >= 11 is 4.65. The van der Waals surface area contributed by atoms with E-state index in [1.165, 1.54) is 11.8 Å². The number of carboxylic acid groups (broad SMARTS) is 1. The predicted molar refractivity (Wildman–Crippen MR) is 82.9 cm³/mol. The number of aryl methyl sites for hydroxylation is 1. The Kier molecular flexibility index (Phi) is 3.69. The van der Waals surface area contributed by atoms with Gasteiger partial charge >= 0.3 is 5.97 Å². The minimum atomic E-state index is -0.962. The van der Waals surface area contributed by atoms with Crippen LogP contribution in [0.25, 0.3) is 5.52 Å². The number of carbonyl (C=O) groups is 1. The number of benzene rings is 1. The van der Waals surface area contributed by atoms with Crippen LogP contribution in [0, 0.1) is 6.92 Å². The third-order valence-corrected chi connectivity index (χ3v) is 4.55. The predicted octanol–water partition coefficient (Wildman–Crippen LogP) is 3.65. The van der Waals surface area contributed by atoms with Gasteiger partial charge in [-0.3, -0.25) is 0 Å². The normalized spacial score (nSPS) is 11.0. The van der Waals surface area contributed by atoms with E-state index in [4.69, 9.17) is 5.11 Å². The van der Waals surface area contributed by atoms with E-state index >= 15 is 0 Å². The van der Waals surface area contributed by atoms with Gasteiger partial charge in [-0.2, -0.15) is 5.10 Å². The van der Waals surface area contributed by atoms with Crippen molar-refractivity contribution in [2.24, 2.45) is 0 Å². The summed E-state index contributed by atoms with van der Waals surface area (Å²) in [5.41, 5.74) is 2.04. The van der Waals surface area contributed by atoms with Crippen molar-refractivity contribution in [3.8, 4) is 0 Å². The van der Waals surface area contributed by atoms with E-state index in [2.05, 4.69) is 26.0 Å². The van der Waals surface area contributed by atoms with Gasteiger partial charge in [-0.15, -0.1) is 0 Å². The van der Waals surface area contributed by atoms with Crippen molar-refractivity contribution in [1.82, 2.24) is 14.6 Å². The first kappa shape index (κ1) is 14.1. The summed E-state index contributed by atoms with van der Waals surface area (Å²) in [6, 6.07) is 7.17. The zero-order valence-electron chi connectivity index (χ0n) is 10.9. The second-order valence-corrected chi connectivity index (χ2v) is 6.31. The molecule has 7 heteroatoms. The molecule has 2 aromatic heterocycles. The number of halogens is 1. The summed E-state index contributed by atoms with van der Waals surface area (Å²) in [6.07, 6.45) is 3.47. The van der Waals surface area contributed by atoms with Crippen molar-refractivity contribution < 1.29 is 9.90 Å². The van der Waals surface area contributed by atoms with Gasteiger partial charge < -0.3 is 5.11 Å². The third-order valence-electron chi connectivity index (χ3n) is 2.86. The Bertz CT molecular complexity index is 847. The standard InChI is InChI=1S/C14H10BrN3O2S/c1-8-6-12-13(16-4-5-18(12)17-8)21-9-2-3-11(15)10(7-9)14(19)20/h2-7H,1H3,(H,19,20). The molecule has 3 aromatic rings. The third kappa shape index (κ3) is 2.79. The van der Waals surface area contributed by atoms with Gasteiger partial charge in [0.05, 0.1) is 16.8 Å². The van der Waals surface area contributed by atoms with Crippen molar-refractivity contribution in [2.45, 2.75) is 16.8 Å². The lowest BCUT2D eigenvalue weighted by molar-refractivity contribution is 0.0695. The van der Waals surface area contributed by atoms with Crippen LogP contribution in [0.5, 0.6) is 0 Å². The fourth-order valence-corrected chi connectivity index (χ4v) is 3.27. The molecule has 0 fully saturated rings. The molecule has 0 radical (unpaired) electrons. The molecule has 0 saturated carbocycles. The summed E-state index contributed by atoms with van der Waals surface area (Å²) in [5.74, 6) is -0.962. The highest BCUT2D eigenvalue weighted by atomic mass is 79.9. The average molecular weight is 364 g/mol.